The molecule has 0 aliphatic carbocycles. The zero-order chi connectivity index (χ0) is 17.8. The number of halogens is 1. The largest absolute Gasteiger partial charge is 0.394 e. The Kier molecular flexibility index (Phi) is 5.51. The molecule has 0 atom stereocenters. The summed E-state index contributed by atoms with van der Waals surface area (Å²) in [7, 11) is 0. The van der Waals surface area contributed by atoms with Gasteiger partial charge < -0.3 is 15.4 Å². The second kappa shape index (κ2) is 7.81. The highest BCUT2D eigenvalue weighted by atomic mass is 79.9. The fourth-order valence-corrected chi connectivity index (χ4v) is 3.06. The lowest BCUT2D eigenvalue weighted by atomic mass is 10.3. The number of fused-ring (bicyclic) bond motifs is 1. The molecule has 0 unspecified atom stereocenters. The maximum Gasteiger partial charge on any atom is 0.262 e. The number of rotatable bonds is 6. The van der Waals surface area contributed by atoms with E-state index in [4.69, 9.17) is 5.11 Å². The van der Waals surface area contributed by atoms with Crippen molar-refractivity contribution in [3.8, 4) is 0 Å². The summed E-state index contributed by atoms with van der Waals surface area (Å²) in [5.41, 5.74) is 0.741. The predicted octanol–water partition coefficient (Wildman–Crippen LogP) is 1.61. The van der Waals surface area contributed by atoms with Gasteiger partial charge in [-0.25, -0.2) is 9.67 Å². The average molecular weight is 424 g/mol. The highest BCUT2D eigenvalue weighted by Gasteiger charge is 2.11. The Morgan fingerprint density at radius 3 is 2.84 bits per heavy atom. The lowest BCUT2D eigenvalue weighted by Crippen LogP contribution is -2.16. The molecule has 2 aromatic heterocycles. The quantitative estimate of drug-likeness (QED) is 0.409. The van der Waals surface area contributed by atoms with E-state index in [1.807, 2.05) is 12.1 Å². The first-order valence-corrected chi connectivity index (χ1v) is 9.09. The molecule has 0 aliphatic rings. The normalized spacial score (nSPS) is 11.0. The highest BCUT2D eigenvalue weighted by molar-refractivity contribution is 9.10. The van der Waals surface area contributed by atoms with Gasteiger partial charge >= 0.3 is 0 Å². The molecule has 0 fully saturated rings. The number of aromatic amines is 1. The molecule has 130 valence electrons. The first kappa shape index (κ1) is 17.6. The number of carbonyl (C=O) groups excluding carboxylic acids is 1. The van der Waals surface area contributed by atoms with E-state index in [1.54, 1.807) is 12.1 Å². The van der Waals surface area contributed by atoms with Crippen LogP contribution in [-0.2, 0) is 11.3 Å². The Balaban J connectivity index is 1.70. The second-order valence-corrected chi connectivity index (χ2v) is 6.92. The van der Waals surface area contributed by atoms with E-state index >= 15 is 0 Å². The topological polar surface area (TPSA) is 113 Å². The van der Waals surface area contributed by atoms with Crippen molar-refractivity contribution in [2.24, 2.45) is 0 Å². The molecule has 1 aromatic carbocycles. The van der Waals surface area contributed by atoms with Crippen LogP contribution in [0.1, 0.15) is 0 Å². The molecule has 2 heterocycles. The summed E-state index contributed by atoms with van der Waals surface area (Å²) < 4.78 is 2.38. The Morgan fingerprint density at radius 2 is 2.12 bits per heavy atom. The lowest BCUT2D eigenvalue weighted by molar-refractivity contribution is -0.113. The first-order chi connectivity index (χ1) is 12.1. The lowest BCUT2D eigenvalue weighted by Gasteiger charge is -2.05. The molecule has 1 amide bonds. The molecule has 0 aliphatic heterocycles. The van der Waals surface area contributed by atoms with Crippen molar-refractivity contribution in [3.63, 3.8) is 0 Å². The molecule has 8 nitrogen and oxygen atoms in total. The summed E-state index contributed by atoms with van der Waals surface area (Å²) in [6.45, 7) is 0.136. The van der Waals surface area contributed by atoms with Crippen molar-refractivity contribution in [2.45, 2.75) is 11.7 Å². The third kappa shape index (κ3) is 4.27. The van der Waals surface area contributed by atoms with Crippen LogP contribution in [0.5, 0.6) is 0 Å². The summed E-state index contributed by atoms with van der Waals surface area (Å²) >= 11 is 4.45. The van der Waals surface area contributed by atoms with Crippen molar-refractivity contribution >= 4 is 50.3 Å². The van der Waals surface area contributed by atoms with Gasteiger partial charge in [0.05, 0.1) is 25.1 Å². The number of aliphatic hydroxyl groups excluding tert-OH is 1. The SMILES string of the molecule is O=C(CSc1nc2c(cnn2CCO)c(=O)[nH]1)Nc1ccc(Br)cc1. The van der Waals surface area contributed by atoms with E-state index in [2.05, 4.69) is 36.3 Å². The van der Waals surface area contributed by atoms with Crippen molar-refractivity contribution in [3.05, 3.63) is 45.3 Å². The molecular formula is C15H14BrN5O3S. The van der Waals surface area contributed by atoms with Crippen LogP contribution in [0.15, 0.2) is 44.9 Å². The summed E-state index contributed by atoms with van der Waals surface area (Å²) in [6.07, 6.45) is 1.41. The molecule has 0 saturated carbocycles. The summed E-state index contributed by atoms with van der Waals surface area (Å²) in [4.78, 5) is 31.0. The van der Waals surface area contributed by atoms with E-state index < -0.39 is 0 Å². The smallest absolute Gasteiger partial charge is 0.262 e. The third-order valence-electron chi connectivity index (χ3n) is 3.26. The maximum atomic E-state index is 12.1. The fraction of sp³-hybridized carbons (Fsp3) is 0.200. The Hall–Kier alpha value is -2.17. The molecule has 10 heteroatoms. The molecule has 25 heavy (non-hydrogen) atoms. The Bertz CT molecular complexity index is 954. The van der Waals surface area contributed by atoms with Gasteiger partial charge in [0.25, 0.3) is 5.56 Å². The number of carbonyl (C=O) groups is 1. The van der Waals surface area contributed by atoms with E-state index in [-0.39, 0.29) is 30.4 Å². The number of H-pyrrole nitrogens is 1. The molecule has 0 spiro atoms. The minimum atomic E-state index is -0.329. The van der Waals surface area contributed by atoms with Crippen LogP contribution >= 0.6 is 27.7 Å². The molecular weight excluding hydrogens is 410 g/mol. The molecule has 0 saturated heterocycles. The summed E-state index contributed by atoms with van der Waals surface area (Å²) in [5, 5.41) is 16.5. The number of amides is 1. The Labute approximate surface area is 154 Å². The van der Waals surface area contributed by atoms with Gasteiger partial charge in [0.1, 0.15) is 5.39 Å². The second-order valence-electron chi connectivity index (χ2n) is 5.04. The van der Waals surface area contributed by atoms with Crippen LogP contribution in [0.25, 0.3) is 11.0 Å². The molecule has 3 N–H and O–H groups in total. The van der Waals surface area contributed by atoms with E-state index in [0.717, 1.165) is 16.2 Å². The molecule has 0 bridgehead atoms. The van der Waals surface area contributed by atoms with Crippen molar-refractivity contribution in [1.82, 2.24) is 19.7 Å². The zero-order valence-electron chi connectivity index (χ0n) is 12.9. The first-order valence-electron chi connectivity index (χ1n) is 7.32. The van der Waals surface area contributed by atoms with E-state index in [1.165, 1.54) is 10.9 Å². The monoisotopic (exact) mass is 423 g/mol. The number of benzene rings is 1. The van der Waals surface area contributed by atoms with Crippen molar-refractivity contribution in [2.75, 3.05) is 17.7 Å². The fourth-order valence-electron chi connectivity index (χ4n) is 2.14. The standard InChI is InChI=1S/C15H14BrN5O3S/c16-9-1-3-10(4-2-9)18-12(23)8-25-15-19-13-11(14(24)20-15)7-17-21(13)5-6-22/h1-4,7,22H,5-6,8H2,(H,18,23)(H,19,20,24). The van der Waals surface area contributed by atoms with Gasteiger partial charge in [-0.3, -0.25) is 9.59 Å². The van der Waals surface area contributed by atoms with Crippen molar-refractivity contribution in [1.29, 1.82) is 0 Å². The van der Waals surface area contributed by atoms with Gasteiger partial charge in [-0.15, -0.1) is 0 Å². The summed E-state index contributed by atoms with van der Waals surface area (Å²) in [6, 6.07) is 7.23. The summed E-state index contributed by atoms with van der Waals surface area (Å²) in [5.74, 6) is -0.113. The maximum absolute atomic E-state index is 12.1. The minimum absolute atomic E-state index is 0.0959. The average Bonchev–Trinajstić information content (AvgIpc) is 2.99. The predicted molar refractivity (Wildman–Crippen MR) is 98.7 cm³/mol. The van der Waals surface area contributed by atoms with Crippen LogP contribution in [0, 0.1) is 0 Å². The van der Waals surface area contributed by atoms with Crippen LogP contribution in [0.2, 0.25) is 0 Å². The van der Waals surface area contributed by atoms with E-state index in [9.17, 15) is 9.59 Å². The number of hydrogen-bond donors (Lipinski definition) is 3. The van der Waals surface area contributed by atoms with Crippen LogP contribution < -0.4 is 10.9 Å². The zero-order valence-corrected chi connectivity index (χ0v) is 15.3. The molecule has 3 rings (SSSR count). The van der Waals surface area contributed by atoms with E-state index in [0.29, 0.717) is 21.9 Å². The number of nitrogens with zero attached hydrogens (tertiary/aromatic N) is 3. The van der Waals surface area contributed by atoms with Crippen LogP contribution in [0.4, 0.5) is 5.69 Å². The van der Waals surface area contributed by atoms with Gasteiger partial charge in [-0.05, 0) is 24.3 Å². The number of thioether (sulfide) groups is 1. The number of nitrogens with one attached hydrogen (secondary N) is 2. The van der Waals surface area contributed by atoms with Crippen molar-refractivity contribution < 1.29 is 9.90 Å². The number of anilines is 1. The highest BCUT2D eigenvalue weighted by Crippen LogP contribution is 2.17. The van der Waals surface area contributed by atoms with Crippen LogP contribution in [0.3, 0.4) is 0 Å². The molecule has 0 radical (unpaired) electrons. The third-order valence-corrected chi connectivity index (χ3v) is 4.67. The number of aromatic nitrogens is 4. The van der Waals surface area contributed by atoms with Gasteiger partial charge in [0.15, 0.2) is 10.8 Å². The van der Waals surface area contributed by atoms with Gasteiger partial charge in [0.2, 0.25) is 5.91 Å². The Morgan fingerprint density at radius 1 is 1.36 bits per heavy atom. The van der Waals surface area contributed by atoms with Crippen LogP contribution in [-0.4, -0.2) is 43.1 Å². The number of aliphatic hydroxyl groups is 1. The van der Waals surface area contributed by atoms with Gasteiger partial charge in [-0.1, -0.05) is 27.7 Å². The van der Waals surface area contributed by atoms with Gasteiger partial charge in [-0.2, -0.15) is 5.10 Å². The minimum Gasteiger partial charge on any atom is -0.394 e. The molecule has 3 aromatic rings. The van der Waals surface area contributed by atoms with Gasteiger partial charge in [0, 0.05) is 10.2 Å². The number of hydrogen-bond acceptors (Lipinski definition) is 6.